The molecule has 0 atom stereocenters. The minimum absolute atomic E-state index is 0.226. The number of halogens is 1. The van der Waals surface area contributed by atoms with Crippen LogP contribution in [0.5, 0.6) is 0 Å². The highest BCUT2D eigenvalue weighted by Crippen LogP contribution is 2.36. The van der Waals surface area contributed by atoms with E-state index in [-0.39, 0.29) is 5.56 Å². The van der Waals surface area contributed by atoms with E-state index in [0.29, 0.717) is 16.0 Å². The van der Waals surface area contributed by atoms with Crippen molar-refractivity contribution in [2.24, 2.45) is 0 Å². The van der Waals surface area contributed by atoms with Gasteiger partial charge in [-0.1, -0.05) is 11.6 Å². The van der Waals surface area contributed by atoms with Crippen LogP contribution in [0.4, 0.5) is 0 Å². The lowest BCUT2D eigenvalue weighted by Crippen LogP contribution is -2.46. The van der Waals surface area contributed by atoms with Crippen LogP contribution in [0.25, 0.3) is 0 Å². The molecule has 1 aromatic heterocycles. The summed E-state index contributed by atoms with van der Waals surface area (Å²) in [6, 6.07) is 0. The molecule has 0 aromatic carbocycles. The van der Waals surface area contributed by atoms with Gasteiger partial charge < -0.3 is 14.3 Å². The predicted molar refractivity (Wildman–Crippen MR) is 72.5 cm³/mol. The minimum Gasteiger partial charge on any atom is -0.399 e. The Hall–Kier alpha value is -0.775. The number of hydrogen-bond donors (Lipinski definition) is 1. The van der Waals surface area contributed by atoms with Gasteiger partial charge in [0.1, 0.15) is 0 Å². The van der Waals surface area contributed by atoms with Crippen molar-refractivity contribution in [3.8, 4) is 0 Å². The number of aromatic amines is 1. The van der Waals surface area contributed by atoms with Crippen LogP contribution in [0.3, 0.4) is 0 Å². The van der Waals surface area contributed by atoms with Gasteiger partial charge in [-0.25, -0.2) is 0 Å². The van der Waals surface area contributed by atoms with Crippen molar-refractivity contribution in [3.63, 3.8) is 0 Å². The largest absolute Gasteiger partial charge is 0.500 e. The van der Waals surface area contributed by atoms with Crippen molar-refractivity contribution < 1.29 is 9.31 Å². The molecule has 1 aliphatic rings. The third kappa shape index (κ3) is 2.00. The highest BCUT2D eigenvalue weighted by molar-refractivity contribution is 6.62. The molecule has 0 bridgehead atoms. The fourth-order valence-electron chi connectivity index (χ4n) is 1.86. The quantitative estimate of drug-likeness (QED) is 0.789. The fourth-order valence-corrected chi connectivity index (χ4v) is 2.01. The maximum absolute atomic E-state index is 11.9. The molecule has 0 radical (unpaired) electrons. The Morgan fingerprint density at radius 1 is 1.22 bits per heavy atom. The number of aromatic nitrogens is 1. The van der Waals surface area contributed by atoms with Gasteiger partial charge in [0.25, 0.3) is 0 Å². The van der Waals surface area contributed by atoms with Crippen LogP contribution in [-0.4, -0.2) is 23.3 Å². The maximum Gasteiger partial charge on any atom is 0.500 e. The molecule has 1 saturated heterocycles. The predicted octanol–water partition coefficient (Wildman–Crippen LogP) is 1.64. The summed E-state index contributed by atoms with van der Waals surface area (Å²) in [7, 11) is -0.683. The molecule has 1 fully saturated rings. The summed E-state index contributed by atoms with van der Waals surface area (Å²) in [5.74, 6) is 0. The number of pyridine rings is 1. The lowest BCUT2D eigenvalue weighted by Gasteiger charge is -2.32. The maximum atomic E-state index is 11.9. The van der Waals surface area contributed by atoms with E-state index in [2.05, 4.69) is 4.98 Å². The zero-order valence-electron chi connectivity index (χ0n) is 11.3. The molecule has 4 nitrogen and oxygen atoms in total. The monoisotopic (exact) mass is 269 g/mol. The molecule has 98 valence electrons. The Balaban J connectivity index is 2.48. The average molecular weight is 270 g/mol. The van der Waals surface area contributed by atoms with E-state index < -0.39 is 18.3 Å². The first-order chi connectivity index (χ1) is 8.16. The van der Waals surface area contributed by atoms with Crippen molar-refractivity contribution >= 4 is 24.2 Å². The summed E-state index contributed by atoms with van der Waals surface area (Å²) in [6.45, 7) is 9.57. The molecule has 0 saturated carbocycles. The van der Waals surface area contributed by atoms with Crippen LogP contribution in [0.2, 0.25) is 5.02 Å². The highest BCUT2D eigenvalue weighted by atomic mass is 35.5. The summed E-state index contributed by atoms with van der Waals surface area (Å²) >= 11 is 6.03. The second kappa shape index (κ2) is 4.12. The fraction of sp³-hybridized carbons (Fsp3) is 0.583. The van der Waals surface area contributed by atoms with E-state index in [9.17, 15) is 4.79 Å². The van der Waals surface area contributed by atoms with Gasteiger partial charge in [0.2, 0.25) is 5.56 Å². The number of nitrogens with one attached hydrogen (secondary N) is 1. The molecular formula is C12H17BClNO3. The van der Waals surface area contributed by atoms with E-state index in [1.54, 1.807) is 6.92 Å². The van der Waals surface area contributed by atoms with E-state index in [1.807, 2.05) is 27.7 Å². The standard InChI is InChI=1S/C12H17BClNO3/c1-7-8(14)6-15-10(16)9(7)13-17-11(2,3)12(4,5)18-13/h6H,1-5H3,(H,15,16). The first-order valence-corrected chi connectivity index (χ1v) is 6.27. The smallest absolute Gasteiger partial charge is 0.399 e. The number of hydrogen-bond acceptors (Lipinski definition) is 3. The van der Waals surface area contributed by atoms with E-state index in [4.69, 9.17) is 20.9 Å². The van der Waals surface area contributed by atoms with Crippen molar-refractivity contribution in [1.82, 2.24) is 4.98 Å². The Labute approximate surface area is 112 Å². The molecule has 18 heavy (non-hydrogen) atoms. The molecule has 1 N–H and O–H groups in total. The van der Waals surface area contributed by atoms with Gasteiger partial charge in [-0.2, -0.15) is 0 Å². The van der Waals surface area contributed by atoms with Gasteiger partial charge in [0, 0.05) is 6.20 Å². The summed E-state index contributed by atoms with van der Waals surface area (Å²) < 4.78 is 11.7. The lowest BCUT2D eigenvalue weighted by atomic mass is 9.77. The topological polar surface area (TPSA) is 51.3 Å². The Morgan fingerprint density at radius 3 is 2.22 bits per heavy atom. The normalized spacial score (nSPS) is 21.3. The molecule has 0 spiro atoms. The van der Waals surface area contributed by atoms with Crippen LogP contribution >= 0.6 is 11.6 Å². The molecule has 2 heterocycles. The minimum atomic E-state index is -0.683. The molecule has 0 amide bonds. The van der Waals surface area contributed by atoms with Crippen molar-refractivity contribution in [2.75, 3.05) is 0 Å². The van der Waals surface area contributed by atoms with Crippen molar-refractivity contribution in [3.05, 3.63) is 27.1 Å². The number of rotatable bonds is 1. The third-order valence-electron chi connectivity index (χ3n) is 3.83. The second-order valence-corrected chi connectivity index (χ2v) is 6.00. The van der Waals surface area contributed by atoms with E-state index in [1.165, 1.54) is 6.20 Å². The summed E-state index contributed by atoms with van der Waals surface area (Å²) in [5, 5.41) is 0.499. The van der Waals surface area contributed by atoms with Gasteiger partial charge in [-0.05, 0) is 40.2 Å². The number of H-pyrrole nitrogens is 1. The summed E-state index contributed by atoms with van der Waals surface area (Å²) in [6.07, 6.45) is 1.48. The molecule has 1 aliphatic heterocycles. The second-order valence-electron chi connectivity index (χ2n) is 5.59. The Bertz CT molecular complexity index is 523. The van der Waals surface area contributed by atoms with Gasteiger partial charge >= 0.3 is 7.12 Å². The van der Waals surface area contributed by atoms with Gasteiger partial charge in [-0.3, -0.25) is 4.79 Å². The van der Waals surface area contributed by atoms with Crippen LogP contribution in [0.1, 0.15) is 33.3 Å². The van der Waals surface area contributed by atoms with Gasteiger partial charge in [0.15, 0.2) is 0 Å². The van der Waals surface area contributed by atoms with E-state index in [0.717, 1.165) is 0 Å². The lowest BCUT2D eigenvalue weighted by molar-refractivity contribution is 0.00578. The van der Waals surface area contributed by atoms with Gasteiger partial charge in [-0.15, -0.1) is 0 Å². The first kappa shape index (κ1) is 13.7. The van der Waals surface area contributed by atoms with E-state index >= 15 is 0 Å². The molecule has 0 unspecified atom stereocenters. The van der Waals surface area contributed by atoms with Crippen LogP contribution < -0.4 is 11.0 Å². The SMILES string of the molecule is Cc1c(Cl)c[nH]c(=O)c1B1OC(C)(C)C(C)(C)O1. The molecule has 2 rings (SSSR count). The Morgan fingerprint density at radius 2 is 1.72 bits per heavy atom. The molecule has 1 aromatic rings. The average Bonchev–Trinajstić information content (AvgIpc) is 2.43. The highest BCUT2D eigenvalue weighted by Gasteiger charge is 2.53. The van der Waals surface area contributed by atoms with Crippen LogP contribution in [-0.2, 0) is 9.31 Å². The van der Waals surface area contributed by atoms with Crippen molar-refractivity contribution in [2.45, 2.75) is 45.8 Å². The zero-order chi connectivity index (χ0) is 13.7. The summed E-state index contributed by atoms with van der Waals surface area (Å²) in [4.78, 5) is 14.5. The molecule has 6 heteroatoms. The Kier molecular flexibility index (Phi) is 3.12. The van der Waals surface area contributed by atoms with Crippen LogP contribution in [0.15, 0.2) is 11.0 Å². The van der Waals surface area contributed by atoms with Crippen LogP contribution in [0, 0.1) is 6.92 Å². The summed E-state index contributed by atoms with van der Waals surface area (Å²) in [5.41, 5.74) is -0.0342. The third-order valence-corrected chi connectivity index (χ3v) is 4.22. The first-order valence-electron chi connectivity index (χ1n) is 5.89. The zero-order valence-corrected chi connectivity index (χ0v) is 12.0. The van der Waals surface area contributed by atoms with Crippen molar-refractivity contribution in [1.29, 1.82) is 0 Å². The molecule has 0 aliphatic carbocycles. The molecular weight excluding hydrogens is 252 g/mol. The van der Waals surface area contributed by atoms with Gasteiger partial charge in [0.05, 0.1) is 21.7 Å².